The summed E-state index contributed by atoms with van der Waals surface area (Å²) in [6, 6.07) is 11.3. The summed E-state index contributed by atoms with van der Waals surface area (Å²) in [5.74, 6) is 1.78. The first-order valence-electron chi connectivity index (χ1n) is 11.4. The number of imidazole rings is 1. The molecule has 35 heavy (non-hydrogen) atoms. The van der Waals surface area contributed by atoms with Crippen molar-refractivity contribution in [3.63, 3.8) is 0 Å². The summed E-state index contributed by atoms with van der Waals surface area (Å²) in [6.45, 7) is 8.62. The van der Waals surface area contributed by atoms with Crippen molar-refractivity contribution in [1.29, 1.82) is 0 Å². The van der Waals surface area contributed by atoms with Gasteiger partial charge in [0, 0.05) is 42.1 Å². The largest absolute Gasteiger partial charge is 0.373 e. The zero-order valence-electron chi connectivity index (χ0n) is 20.3. The highest BCUT2D eigenvalue weighted by Gasteiger charge is 2.40. The Morgan fingerprint density at radius 3 is 2.34 bits per heavy atom. The fraction of sp³-hybridized carbons (Fsp3) is 0.269. The van der Waals surface area contributed by atoms with Gasteiger partial charge in [0.15, 0.2) is 0 Å². The second kappa shape index (κ2) is 8.33. The zero-order valence-corrected chi connectivity index (χ0v) is 20.3. The van der Waals surface area contributed by atoms with Gasteiger partial charge in [-0.05, 0) is 56.3 Å². The van der Waals surface area contributed by atoms with Crippen molar-refractivity contribution >= 4 is 29.0 Å². The number of hydrogen-bond donors (Lipinski definition) is 2. The smallest absolute Gasteiger partial charge is 0.231 e. The fourth-order valence-corrected chi connectivity index (χ4v) is 4.66. The fourth-order valence-electron chi connectivity index (χ4n) is 4.66. The summed E-state index contributed by atoms with van der Waals surface area (Å²) in [7, 11) is 1.81. The zero-order chi connectivity index (χ0) is 24.9. The van der Waals surface area contributed by atoms with E-state index < -0.39 is 0 Å². The van der Waals surface area contributed by atoms with Gasteiger partial charge < -0.3 is 20.1 Å². The van der Waals surface area contributed by atoms with Gasteiger partial charge in [-0.25, -0.2) is 13.8 Å². The molecule has 0 fully saturated rings. The van der Waals surface area contributed by atoms with Crippen molar-refractivity contribution in [2.45, 2.75) is 33.1 Å². The number of nitrogens with one attached hydrogen (secondary N) is 2. The molecule has 0 amide bonds. The average Bonchev–Trinajstić information content (AvgIpc) is 3.28. The number of fused-ring (bicyclic) bond motifs is 1. The van der Waals surface area contributed by atoms with Crippen molar-refractivity contribution in [2.24, 2.45) is 0 Å². The van der Waals surface area contributed by atoms with Gasteiger partial charge in [-0.2, -0.15) is 9.97 Å². The Bertz CT molecular complexity index is 1410. The number of aryl methyl sites for hydroxylation is 2. The molecule has 1 aliphatic rings. The van der Waals surface area contributed by atoms with Gasteiger partial charge in [-0.3, -0.25) is 0 Å². The lowest BCUT2D eigenvalue weighted by atomic mass is 9.88. The number of anilines is 5. The molecule has 1 aliphatic heterocycles. The van der Waals surface area contributed by atoms with Crippen molar-refractivity contribution in [3.8, 4) is 5.69 Å². The summed E-state index contributed by atoms with van der Waals surface area (Å²) < 4.78 is 30.3. The molecule has 7 nitrogen and oxygen atoms in total. The molecule has 3 heterocycles. The number of aromatic nitrogens is 4. The van der Waals surface area contributed by atoms with Crippen molar-refractivity contribution in [2.75, 3.05) is 29.1 Å². The number of nitrogens with zero attached hydrogens (tertiary/aromatic N) is 5. The Hall–Kier alpha value is -4.01. The molecule has 180 valence electrons. The predicted molar refractivity (Wildman–Crippen MR) is 134 cm³/mol. The van der Waals surface area contributed by atoms with Crippen molar-refractivity contribution in [3.05, 3.63) is 77.4 Å². The van der Waals surface area contributed by atoms with Crippen LogP contribution in [0.5, 0.6) is 0 Å². The number of rotatable bonds is 5. The van der Waals surface area contributed by atoms with Crippen molar-refractivity contribution in [1.82, 2.24) is 19.5 Å². The van der Waals surface area contributed by atoms with Crippen LogP contribution >= 0.6 is 0 Å². The maximum absolute atomic E-state index is 15.0. The van der Waals surface area contributed by atoms with Gasteiger partial charge in [0.05, 0.1) is 11.4 Å². The van der Waals surface area contributed by atoms with E-state index in [-0.39, 0.29) is 17.0 Å². The van der Waals surface area contributed by atoms with E-state index in [9.17, 15) is 4.39 Å². The molecule has 2 aromatic heterocycles. The topological polar surface area (TPSA) is 70.9 Å². The lowest BCUT2D eigenvalue weighted by molar-refractivity contribution is 0.569. The highest BCUT2D eigenvalue weighted by atomic mass is 19.1. The number of benzene rings is 2. The van der Waals surface area contributed by atoms with E-state index in [4.69, 9.17) is 4.98 Å². The van der Waals surface area contributed by atoms with Crippen LogP contribution in [0.4, 0.5) is 37.7 Å². The van der Waals surface area contributed by atoms with Crippen LogP contribution in [0.2, 0.25) is 0 Å². The molecule has 0 unspecified atom stereocenters. The van der Waals surface area contributed by atoms with Gasteiger partial charge in [-0.1, -0.05) is 13.8 Å². The van der Waals surface area contributed by atoms with E-state index in [2.05, 4.69) is 39.3 Å². The molecule has 0 aliphatic carbocycles. The minimum Gasteiger partial charge on any atom is -0.373 e. The maximum Gasteiger partial charge on any atom is 0.231 e. The molecule has 0 radical (unpaired) electrons. The van der Waals surface area contributed by atoms with Crippen LogP contribution in [0.1, 0.15) is 30.9 Å². The first-order valence-corrected chi connectivity index (χ1v) is 11.4. The standard InChI is InChI=1S/C26H27F2N7/c1-15-13-34(16(2)30-15)21-11-8-18(12-20(21)28)31-25-32-23(29-5)22-24(33-25)35(14-26(22,3)4)19-9-6-17(27)7-10-19/h6-13H,14H2,1-5H3,(H2,29,31,32,33). The number of hydrogen-bond acceptors (Lipinski definition) is 6. The predicted octanol–water partition coefficient (Wildman–Crippen LogP) is 5.77. The van der Waals surface area contributed by atoms with Gasteiger partial charge in [0.1, 0.15) is 29.1 Å². The Kier molecular flexibility index (Phi) is 5.42. The van der Waals surface area contributed by atoms with Crippen LogP contribution in [-0.2, 0) is 5.41 Å². The quantitative estimate of drug-likeness (QED) is 0.382. The summed E-state index contributed by atoms with van der Waals surface area (Å²) in [6.07, 6.45) is 1.80. The highest BCUT2D eigenvalue weighted by molar-refractivity contribution is 5.76. The Balaban J connectivity index is 1.52. The molecule has 2 aromatic carbocycles. The first-order chi connectivity index (χ1) is 16.7. The maximum atomic E-state index is 15.0. The minimum absolute atomic E-state index is 0.241. The summed E-state index contributed by atoms with van der Waals surface area (Å²) in [5.41, 5.74) is 3.34. The highest BCUT2D eigenvalue weighted by Crippen LogP contribution is 2.46. The SMILES string of the molecule is CNc1nc(Nc2ccc(-n3cc(C)nc3C)c(F)c2)nc2c1C(C)(C)CN2c1ccc(F)cc1. The molecular weight excluding hydrogens is 448 g/mol. The van der Waals surface area contributed by atoms with Gasteiger partial charge in [0.2, 0.25) is 5.95 Å². The third-order valence-corrected chi connectivity index (χ3v) is 6.22. The molecule has 0 atom stereocenters. The molecule has 0 spiro atoms. The molecule has 0 bridgehead atoms. The van der Waals surface area contributed by atoms with E-state index in [1.54, 1.807) is 35.0 Å². The normalized spacial score (nSPS) is 14.2. The molecule has 2 N–H and O–H groups in total. The van der Waals surface area contributed by atoms with E-state index in [0.717, 1.165) is 22.8 Å². The van der Waals surface area contributed by atoms with Crippen LogP contribution in [0, 0.1) is 25.5 Å². The van der Waals surface area contributed by atoms with Crippen LogP contribution < -0.4 is 15.5 Å². The summed E-state index contributed by atoms with van der Waals surface area (Å²) >= 11 is 0. The average molecular weight is 476 g/mol. The van der Waals surface area contributed by atoms with E-state index in [1.165, 1.54) is 18.2 Å². The molecular formula is C26H27F2N7. The van der Waals surface area contributed by atoms with Gasteiger partial charge in [-0.15, -0.1) is 0 Å². The molecule has 0 saturated carbocycles. The number of halogens is 2. The Morgan fingerprint density at radius 1 is 0.971 bits per heavy atom. The summed E-state index contributed by atoms with van der Waals surface area (Å²) in [4.78, 5) is 15.9. The molecule has 4 aromatic rings. The first kappa shape index (κ1) is 22.8. The second-order valence-electron chi connectivity index (χ2n) is 9.38. The minimum atomic E-state index is -0.389. The third-order valence-electron chi connectivity index (χ3n) is 6.22. The lowest BCUT2D eigenvalue weighted by Crippen LogP contribution is -2.25. The van der Waals surface area contributed by atoms with Gasteiger partial charge in [0.25, 0.3) is 0 Å². The third kappa shape index (κ3) is 4.07. The van der Waals surface area contributed by atoms with E-state index in [0.29, 0.717) is 35.5 Å². The van der Waals surface area contributed by atoms with Crippen LogP contribution in [0.25, 0.3) is 5.69 Å². The Morgan fingerprint density at radius 2 is 1.71 bits per heavy atom. The monoisotopic (exact) mass is 475 g/mol. The van der Waals surface area contributed by atoms with E-state index in [1.807, 2.05) is 20.9 Å². The van der Waals surface area contributed by atoms with E-state index >= 15 is 4.39 Å². The van der Waals surface area contributed by atoms with Gasteiger partial charge >= 0.3 is 0 Å². The molecule has 5 rings (SSSR count). The van der Waals surface area contributed by atoms with Crippen molar-refractivity contribution < 1.29 is 8.78 Å². The summed E-state index contributed by atoms with van der Waals surface area (Å²) in [5, 5.41) is 6.32. The van der Waals surface area contributed by atoms with Crippen LogP contribution in [-0.4, -0.2) is 33.1 Å². The Labute approximate surface area is 202 Å². The lowest BCUT2D eigenvalue weighted by Gasteiger charge is -2.21. The second-order valence-corrected chi connectivity index (χ2v) is 9.38. The molecule has 0 saturated heterocycles. The molecule has 9 heteroatoms. The van der Waals surface area contributed by atoms with Crippen LogP contribution in [0.3, 0.4) is 0 Å². The van der Waals surface area contributed by atoms with Crippen LogP contribution in [0.15, 0.2) is 48.7 Å².